The summed E-state index contributed by atoms with van der Waals surface area (Å²) in [6, 6.07) is 5.65. The van der Waals surface area contributed by atoms with Gasteiger partial charge in [0.25, 0.3) is 0 Å². The van der Waals surface area contributed by atoms with Gasteiger partial charge in [0.2, 0.25) is 0 Å². The molecule has 4 rings (SSSR count). The number of aromatic amines is 1. The predicted octanol–water partition coefficient (Wildman–Crippen LogP) is 2.50. The highest BCUT2D eigenvalue weighted by atomic mass is 32.1. The van der Waals surface area contributed by atoms with Crippen molar-refractivity contribution in [1.82, 2.24) is 14.4 Å². The molecule has 0 amide bonds. The second kappa shape index (κ2) is 3.33. The number of nitrogens with one attached hydrogen (secondary N) is 1. The third kappa shape index (κ3) is 1.26. The Morgan fingerprint density at radius 1 is 1.39 bits per heavy atom. The SMILES string of the molecule is O=c1[nH]c2ccc(-c3csc4nccn34)cc2o1. The Labute approximate surface area is 104 Å². The lowest BCUT2D eigenvalue weighted by Crippen LogP contribution is -1.92. The van der Waals surface area contributed by atoms with E-state index in [1.54, 1.807) is 17.5 Å². The van der Waals surface area contributed by atoms with Crippen molar-refractivity contribution in [1.29, 1.82) is 0 Å². The van der Waals surface area contributed by atoms with Crippen LogP contribution < -0.4 is 5.76 Å². The number of nitrogens with zero attached hydrogens (tertiary/aromatic N) is 2. The average Bonchev–Trinajstić information content (AvgIpc) is 2.99. The number of imidazole rings is 1. The second-order valence-corrected chi connectivity index (χ2v) is 4.76. The number of aromatic nitrogens is 3. The molecule has 18 heavy (non-hydrogen) atoms. The van der Waals surface area contributed by atoms with Crippen molar-refractivity contribution in [2.75, 3.05) is 0 Å². The number of H-pyrrole nitrogens is 1. The molecular weight excluding hydrogens is 250 g/mol. The van der Waals surface area contributed by atoms with E-state index in [4.69, 9.17) is 4.42 Å². The maximum absolute atomic E-state index is 11.1. The largest absolute Gasteiger partial charge is 0.417 e. The molecule has 0 bridgehead atoms. The molecular formula is C12H7N3O2S. The van der Waals surface area contributed by atoms with Crippen LogP contribution in [0.4, 0.5) is 0 Å². The zero-order valence-electron chi connectivity index (χ0n) is 9.08. The molecule has 0 fully saturated rings. The zero-order valence-corrected chi connectivity index (χ0v) is 9.90. The molecule has 0 aliphatic rings. The first kappa shape index (κ1) is 9.67. The van der Waals surface area contributed by atoms with E-state index >= 15 is 0 Å². The van der Waals surface area contributed by atoms with E-state index in [9.17, 15) is 4.79 Å². The lowest BCUT2D eigenvalue weighted by atomic mass is 10.1. The van der Waals surface area contributed by atoms with Crippen molar-refractivity contribution < 1.29 is 4.42 Å². The summed E-state index contributed by atoms with van der Waals surface area (Å²) < 4.78 is 7.08. The number of rotatable bonds is 1. The van der Waals surface area contributed by atoms with Gasteiger partial charge in [-0.1, -0.05) is 6.07 Å². The summed E-state index contributed by atoms with van der Waals surface area (Å²) in [4.78, 5) is 18.9. The number of hydrogen-bond acceptors (Lipinski definition) is 4. The van der Waals surface area contributed by atoms with Gasteiger partial charge in [-0.15, -0.1) is 11.3 Å². The van der Waals surface area contributed by atoms with Crippen LogP contribution in [0.3, 0.4) is 0 Å². The predicted molar refractivity (Wildman–Crippen MR) is 68.9 cm³/mol. The Balaban J connectivity index is 2.01. The Morgan fingerprint density at radius 3 is 3.28 bits per heavy atom. The molecule has 0 aliphatic heterocycles. The number of hydrogen-bond donors (Lipinski definition) is 1. The van der Waals surface area contributed by atoms with Crippen molar-refractivity contribution in [3.05, 3.63) is 46.5 Å². The summed E-state index contributed by atoms with van der Waals surface area (Å²) in [5.41, 5.74) is 3.31. The van der Waals surface area contributed by atoms with Crippen LogP contribution in [-0.4, -0.2) is 14.4 Å². The molecule has 1 aromatic carbocycles. The minimum absolute atomic E-state index is 0.430. The van der Waals surface area contributed by atoms with Crippen LogP contribution in [0.5, 0.6) is 0 Å². The summed E-state index contributed by atoms with van der Waals surface area (Å²) in [7, 11) is 0. The molecule has 6 heteroatoms. The van der Waals surface area contributed by atoms with Gasteiger partial charge >= 0.3 is 5.76 Å². The van der Waals surface area contributed by atoms with Gasteiger partial charge in [-0.3, -0.25) is 9.38 Å². The van der Waals surface area contributed by atoms with Crippen LogP contribution in [0.2, 0.25) is 0 Å². The summed E-state index contributed by atoms with van der Waals surface area (Å²) in [6.07, 6.45) is 3.68. The first-order valence-corrected chi connectivity index (χ1v) is 6.23. The molecule has 3 heterocycles. The normalized spacial score (nSPS) is 11.6. The number of benzene rings is 1. The van der Waals surface area contributed by atoms with Crippen molar-refractivity contribution in [2.45, 2.75) is 0 Å². The van der Waals surface area contributed by atoms with E-state index in [0.29, 0.717) is 11.1 Å². The van der Waals surface area contributed by atoms with Crippen molar-refractivity contribution in [2.24, 2.45) is 0 Å². The van der Waals surface area contributed by atoms with Crippen molar-refractivity contribution >= 4 is 27.4 Å². The monoisotopic (exact) mass is 257 g/mol. The van der Waals surface area contributed by atoms with Crippen LogP contribution in [0, 0.1) is 0 Å². The maximum atomic E-state index is 11.1. The van der Waals surface area contributed by atoms with Crippen LogP contribution >= 0.6 is 11.3 Å². The van der Waals surface area contributed by atoms with E-state index in [0.717, 1.165) is 16.2 Å². The summed E-state index contributed by atoms with van der Waals surface area (Å²) in [5.74, 6) is -0.430. The third-order valence-corrected chi connectivity index (χ3v) is 3.71. The average molecular weight is 257 g/mol. The van der Waals surface area contributed by atoms with Gasteiger partial charge in [0, 0.05) is 23.3 Å². The first-order valence-electron chi connectivity index (χ1n) is 5.35. The fourth-order valence-electron chi connectivity index (χ4n) is 2.04. The lowest BCUT2D eigenvalue weighted by molar-refractivity contribution is 0.555. The Kier molecular flexibility index (Phi) is 1.79. The number of fused-ring (bicyclic) bond motifs is 2. The highest BCUT2D eigenvalue weighted by molar-refractivity contribution is 7.15. The van der Waals surface area contributed by atoms with Crippen molar-refractivity contribution in [3.63, 3.8) is 0 Å². The smallest absolute Gasteiger partial charge is 0.408 e. The van der Waals surface area contributed by atoms with E-state index in [-0.39, 0.29) is 0 Å². The molecule has 4 aromatic rings. The second-order valence-electron chi connectivity index (χ2n) is 3.93. The minimum Gasteiger partial charge on any atom is -0.408 e. The topological polar surface area (TPSA) is 63.3 Å². The third-order valence-electron chi connectivity index (χ3n) is 2.86. The standard InChI is InChI=1S/C12H7N3O2S/c16-12-14-8-2-1-7(5-10(8)17-12)9-6-18-11-13-3-4-15(9)11/h1-6H,(H,14,16). The maximum Gasteiger partial charge on any atom is 0.417 e. The molecule has 0 radical (unpaired) electrons. The van der Waals surface area contributed by atoms with E-state index < -0.39 is 5.76 Å². The van der Waals surface area contributed by atoms with Gasteiger partial charge in [-0.25, -0.2) is 9.78 Å². The fourth-order valence-corrected chi connectivity index (χ4v) is 2.90. The summed E-state index contributed by atoms with van der Waals surface area (Å²) >= 11 is 1.58. The van der Waals surface area contributed by atoms with E-state index in [1.807, 2.05) is 34.2 Å². The first-order chi connectivity index (χ1) is 8.81. The summed E-state index contributed by atoms with van der Waals surface area (Å²) in [6.45, 7) is 0. The highest BCUT2D eigenvalue weighted by Crippen LogP contribution is 2.27. The Hall–Kier alpha value is -2.34. The Morgan fingerprint density at radius 2 is 2.33 bits per heavy atom. The van der Waals surface area contributed by atoms with Crippen LogP contribution in [0.25, 0.3) is 27.3 Å². The molecule has 1 N–H and O–H groups in total. The molecule has 0 saturated carbocycles. The number of thiazole rings is 1. The van der Waals surface area contributed by atoms with Crippen LogP contribution in [0.15, 0.2) is 45.2 Å². The molecule has 3 aromatic heterocycles. The van der Waals surface area contributed by atoms with Gasteiger partial charge in [0.1, 0.15) is 0 Å². The summed E-state index contributed by atoms with van der Waals surface area (Å²) in [5, 5.41) is 2.04. The number of oxazole rings is 1. The zero-order chi connectivity index (χ0) is 12.1. The van der Waals surface area contributed by atoms with Gasteiger partial charge in [-0.2, -0.15) is 0 Å². The minimum atomic E-state index is -0.430. The molecule has 0 aliphatic carbocycles. The van der Waals surface area contributed by atoms with Gasteiger partial charge < -0.3 is 4.42 Å². The van der Waals surface area contributed by atoms with Gasteiger partial charge in [-0.05, 0) is 12.1 Å². The molecule has 88 valence electrons. The van der Waals surface area contributed by atoms with E-state index in [1.165, 1.54) is 0 Å². The van der Waals surface area contributed by atoms with Crippen LogP contribution in [0.1, 0.15) is 0 Å². The fraction of sp³-hybridized carbons (Fsp3) is 0. The molecule has 0 atom stereocenters. The molecule has 5 nitrogen and oxygen atoms in total. The van der Waals surface area contributed by atoms with Gasteiger partial charge in [0.15, 0.2) is 10.5 Å². The van der Waals surface area contributed by atoms with Crippen LogP contribution in [-0.2, 0) is 0 Å². The Bertz CT molecular complexity index is 912. The molecule has 0 saturated heterocycles. The van der Waals surface area contributed by atoms with Gasteiger partial charge in [0.05, 0.1) is 11.2 Å². The van der Waals surface area contributed by atoms with E-state index in [2.05, 4.69) is 9.97 Å². The van der Waals surface area contributed by atoms with Crippen molar-refractivity contribution in [3.8, 4) is 11.3 Å². The molecule has 0 unspecified atom stereocenters. The molecule has 0 spiro atoms. The quantitative estimate of drug-likeness (QED) is 0.570. The highest BCUT2D eigenvalue weighted by Gasteiger charge is 2.08. The lowest BCUT2D eigenvalue weighted by Gasteiger charge is -1.98.